The van der Waals surface area contributed by atoms with Crippen LogP contribution < -0.4 is 10.3 Å². The minimum atomic E-state index is -1.24. The minimum Gasteiger partial charge on any atom is -0.477 e. The summed E-state index contributed by atoms with van der Waals surface area (Å²) < 4.78 is 1.86. The van der Waals surface area contributed by atoms with E-state index in [9.17, 15) is 14.7 Å². The molecular weight excluding hydrogens is 436 g/mol. The second-order valence-electron chi connectivity index (χ2n) is 8.27. The highest BCUT2D eigenvalue weighted by Crippen LogP contribution is 2.30. The molecule has 0 atom stereocenters. The Labute approximate surface area is 195 Å². The maximum absolute atomic E-state index is 12.9. The Balaban J connectivity index is 1.62. The van der Waals surface area contributed by atoms with E-state index in [4.69, 9.17) is 0 Å². The van der Waals surface area contributed by atoms with Crippen molar-refractivity contribution in [3.63, 3.8) is 0 Å². The van der Waals surface area contributed by atoms with E-state index in [0.29, 0.717) is 11.4 Å². The number of piperazine rings is 1. The van der Waals surface area contributed by atoms with Gasteiger partial charge in [0.05, 0.1) is 0 Å². The minimum absolute atomic E-state index is 0.228. The third-order valence-corrected chi connectivity index (χ3v) is 7.20. The van der Waals surface area contributed by atoms with Crippen LogP contribution in [-0.2, 0) is 6.54 Å². The Hall–Kier alpha value is -3.49. The Morgan fingerprint density at radius 1 is 1.03 bits per heavy atom. The number of hydrogen-bond acceptors (Lipinski definition) is 6. The van der Waals surface area contributed by atoms with Crippen molar-refractivity contribution in [2.45, 2.75) is 6.54 Å². The lowest BCUT2D eigenvalue weighted by Crippen LogP contribution is -2.44. The zero-order valence-electron chi connectivity index (χ0n) is 18.3. The van der Waals surface area contributed by atoms with E-state index in [0.717, 1.165) is 48.0 Å². The second-order valence-corrected chi connectivity index (χ2v) is 9.22. The number of carbonyl (C=O) groups is 1. The first-order valence-corrected chi connectivity index (χ1v) is 11.7. The Morgan fingerprint density at radius 3 is 2.45 bits per heavy atom. The first kappa shape index (κ1) is 21.4. The van der Waals surface area contributed by atoms with Gasteiger partial charge >= 0.3 is 5.97 Å². The van der Waals surface area contributed by atoms with E-state index in [2.05, 4.69) is 40.0 Å². The molecule has 33 heavy (non-hydrogen) atoms. The predicted molar refractivity (Wildman–Crippen MR) is 132 cm³/mol. The van der Waals surface area contributed by atoms with Crippen molar-refractivity contribution in [3.8, 4) is 11.1 Å². The number of aromatic nitrogens is 2. The molecule has 3 heterocycles. The highest BCUT2D eigenvalue weighted by atomic mass is 32.1. The molecule has 1 fully saturated rings. The average Bonchev–Trinajstić information content (AvgIpc) is 3.28. The van der Waals surface area contributed by atoms with Crippen LogP contribution in [0, 0.1) is 0 Å². The van der Waals surface area contributed by atoms with E-state index in [1.165, 1.54) is 17.5 Å². The van der Waals surface area contributed by atoms with Crippen molar-refractivity contribution in [2.24, 2.45) is 0 Å². The van der Waals surface area contributed by atoms with Gasteiger partial charge in [0.1, 0.15) is 15.9 Å². The maximum atomic E-state index is 12.9. The predicted octanol–water partition coefficient (Wildman–Crippen LogP) is 3.62. The fraction of sp³-hybridized carbons (Fsp3) is 0.240. The number of thiazole rings is 1. The fourth-order valence-electron chi connectivity index (χ4n) is 4.19. The van der Waals surface area contributed by atoms with Crippen LogP contribution in [0.25, 0.3) is 21.5 Å². The maximum Gasteiger partial charge on any atom is 0.341 e. The van der Waals surface area contributed by atoms with E-state index in [1.807, 2.05) is 41.0 Å². The summed E-state index contributed by atoms with van der Waals surface area (Å²) in [5.41, 5.74) is 2.65. The molecule has 0 amide bonds. The van der Waals surface area contributed by atoms with Gasteiger partial charge in [0, 0.05) is 38.9 Å². The summed E-state index contributed by atoms with van der Waals surface area (Å²) >= 11 is 1.45. The summed E-state index contributed by atoms with van der Waals surface area (Å²) in [4.78, 5) is 34.5. The Morgan fingerprint density at radius 2 is 1.73 bits per heavy atom. The van der Waals surface area contributed by atoms with Crippen molar-refractivity contribution >= 4 is 32.8 Å². The first-order valence-electron chi connectivity index (χ1n) is 10.9. The van der Waals surface area contributed by atoms with Gasteiger partial charge in [-0.15, -0.1) is 0 Å². The molecule has 1 aliphatic heterocycles. The second kappa shape index (κ2) is 8.80. The fourth-order valence-corrected chi connectivity index (χ4v) is 5.28. The summed E-state index contributed by atoms with van der Waals surface area (Å²) in [5.74, 6) is -1.24. The van der Waals surface area contributed by atoms with E-state index >= 15 is 0 Å². The Bertz CT molecular complexity index is 1370. The van der Waals surface area contributed by atoms with Gasteiger partial charge in [-0.3, -0.25) is 4.79 Å². The number of pyridine rings is 1. The van der Waals surface area contributed by atoms with Crippen LogP contribution in [0.3, 0.4) is 0 Å². The number of carboxylic acids is 1. The summed E-state index contributed by atoms with van der Waals surface area (Å²) in [6.45, 7) is 3.93. The normalized spacial score (nSPS) is 14.6. The van der Waals surface area contributed by atoms with Crippen LogP contribution in [0.2, 0.25) is 0 Å². The van der Waals surface area contributed by atoms with Crippen molar-refractivity contribution in [1.82, 2.24) is 14.5 Å². The molecule has 1 aliphatic rings. The number of benzene rings is 2. The van der Waals surface area contributed by atoms with Gasteiger partial charge in [0.15, 0.2) is 5.13 Å². The highest BCUT2D eigenvalue weighted by molar-refractivity contribution is 7.21. The number of likely N-dealkylation sites (N-methyl/N-ethyl adjacent to an activating group) is 1. The van der Waals surface area contributed by atoms with Crippen LogP contribution in [0.4, 0.5) is 5.13 Å². The van der Waals surface area contributed by atoms with E-state index in [-0.39, 0.29) is 11.1 Å². The summed E-state index contributed by atoms with van der Waals surface area (Å²) in [7, 11) is 2.09. The zero-order valence-corrected chi connectivity index (χ0v) is 19.1. The molecule has 2 aromatic heterocycles. The summed E-state index contributed by atoms with van der Waals surface area (Å²) in [6, 6.07) is 18.2. The van der Waals surface area contributed by atoms with Gasteiger partial charge in [-0.2, -0.15) is 0 Å². The molecule has 2 aromatic carbocycles. The van der Waals surface area contributed by atoms with E-state index < -0.39 is 11.4 Å². The van der Waals surface area contributed by atoms with E-state index in [1.54, 1.807) is 0 Å². The third-order valence-electron chi connectivity index (χ3n) is 6.05. The molecule has 1 N–H and O–H groups in total. The molecule has 8 heteroatoms. The zero-order chi connectivity index (χ0) is 22.9. The van der Waals surface area contributed by atoms with Gasteiger partial charge in [-0.05, 0) is 23.7 Å². The monoisotopic (exact) mass is 460 g/mol. The lowest BCUT2D eigenvalue weighted by molar-refractivity contribution is 0.0695. The lowest BCUT2D eigenvalue weighted by atomic mass is 9.99. The lowest BCUT2D eigenvalue weighted by Gasteiger charge is -2.31. The molecular formula is C25H24N4O3S. The number of nitrogens with zero attached hydrogens (tertiary/aromatic N) is 4. The molecule has 0 saturated carbocycles. The van der Waals surface area contributed by atoms with Crippen molar-refractivity contribution in [2.75, 3.05) is 38.1 Å². The van der Waals surface area contributed by atoms with Crippen molar-refractivity contribution in [1.29, 1.82) is 0 Å². The third kappa shape index (κ3) is 4.15. The molecule has 168 valence electrons. The topological polar surface area (TPSA) is 78.7 Å². The number of rotatable bonds is 5. The van der Waals surface area contributed by atoms with Gasteiger partial charge in [0.25, 0.3) is 0 Å². The molecule has 0 aliphatic carbocycles. The van der Waals surface area contributed by atoms with Crippen LogP contribution >= 0.6 is 11.3 Å². The van der Waals surface area contributed by atoms with Gasteiger partial charge < -0.3 is 19.5 Å². The van der Waals surface area contributed by atoms with Gasteiger partial charge in [-0.1, -0.05) is 65.9 Å². The average molecular weight is 461 g/mol. The molecule has 4 aromatic rings. The van der Waals surface area contributed by atoms with Crippen LogP contribution in [0.5, 0.6) is 0 Å². The molecule has 1 saturated heterocycles. The summed E-state index contributed by atoms with van der Waals surface area (Å²) in [6.07, 6.45) is 1.46. The molecule has 0 radical (unpaired) electrons. The van der Waals surface area contributed by atoms with Crippen LogP contribution in [-0.4, -0.2) is 58.8 Å². The molecule has 7 nitrogen and oxygen atoms in total. The number of carboxylic acid groups (broad SMARTS) is 1. The largest absolute Gasteiger partial charge is 0.477 e. The number of hydrogen-bond donors (Lipinski definition) is 1. The molecule has 0 bridgehead atoms. The standard InChI is InChI=1S/C25H24N4O3S/c1-27-11-13-28(14-12-27)25-26-21-22(30)20(24(31)32)16-29(23(21)33-25)15-18-9-5-6-10-19(18)17-7-3-2-4-8-17/h2-10,16H,11-15H2,1H3,(H,31,32). The molecule has 0 unspecified atom stereocenters. The molecule has 5 rings (SSSR count). The van der Waals surface area contributed by atoms with Gasteiger partial charge in [0.2, 0.25) is 5.43 Å². The number of aromatic carboxylic acids is 1. The SMILES string of the molecule is CN1CCN(c2nc3c(=O)c(C(=O)O)cn(Cc4ccccc4-c4ccccc4)c3s2)CC1. The van der Waals surface area contributed by atoms with Crippen molar-refractivity contribution < 1.29 is 9.90 Å². The quantitative estimate of drug-likeness (QED) is 0.490. The number of fused-ring (bicyclic) bond motifs is 1. The summed E-state index contributed by atoms with van der Waals surface area (Å²) in [5, 5.41) is 10.4. The smallest absolute Gasteiger partial charge is 0.341 e. The van der Waals surface area contributed by atoms with Crippen molar-refractivity contribution in [3.05, 3.63) is 82.1 Å². The van der Waals surface area contributed by atoms with Crippen LogP contribution in [0.1, 0.15) is 15.9 Å². The highest BCUT2D eigenvalue weighted by Gasteiger charge is 2.23. The number of anilines is 1. The Kier molecular flexibility index (Phi) is 5.70. The first-order chi connectivity index (χ1) is 16.0. The van der Waals surface area contributed by atoms with Crippen LogP contribution in [0.15, 0.2) is 65.6 Å². The van der Waals surface area contributed by atoms with Gasteiger partial charge in [-0.25, -0.2) is 9.78 Å². The molecule has 0 spiro atoms.